The summed E-state index contributed by atoms with van der Waals surface area (Å²) in [6.45, 7) is 16.2. The second-order valence-electron chi connectivity index (χ2n) is 9.13. The number of hydrogen-bond acceptors (Lipinski definition) is 5. The van der Waals surface area contributed by atoms with Gasteiger partial charge in [0.25, 0.3) is 0 Å². The smallest absolute Gasteiger partial charge is 0.246 e. The van der Waals surface area contributed by atoms with Crippen LogP contribution in [0.5, 0.6) is 0 Å². The fourth-order valence-corrected chi connectivity index (χ4v) is 2.71. The number of hydrogen-bond donors (Lipinski definition) is 3. The molecule has 26 heavy (non-hydrogen) atoms. The van der Waals surface area contributed by atoms with E-state index in [-0.39, 0.29) is 28.6 Å². The summed E-state index contributed by atoms with van der Waals surface area (Å²) in [5, 5.41) is 5.66. The Labute approximate surface area is 164 Å². The molecule has 0 aliphatic carbocycles. The number of ether oxygens (including phenoxy) is 2. The van der Waals surface area contributed by atoms with E-state index >= 15 is 0 Å². The summed E-state index contributed by atoms with van der Waals surface area (Å²) >= 11 is 4.33. The van der Waals surface area contributed by atoms with E-state index in [0.717, 1.165) is 6.42 Å². The zero-order valence-corrected chi connectivity index (χ0v) is 18.4. The van der Waals surface area contributed by atoms with E-state index in [0.29, 0.717) is 32.9 Å². The van der Waals surface area contributed by atoms with E-state index in [4.69, 9.17) is 9.47 Å². The Kier molecular flexibility index (Phi) is 10.8. The molecule has 6 nitrogen and oxygen atoms in total. The van der Waals surface area contributed by atoms with Gasteiger partial charge in [0, 0.05) is 23.3 Å². The molecule has 0 bridgehead atoms. The van der Waals surface area contributed by atoms with E-state index in [1.54, 1.807) is 0 Å². The molecule has 0 aliphatic rings. The van der Waals surface area contributed by atoms with Gasteiger partial charge in [-0.25, -0.2) is 0 Å². The largest absolute Gasteiger partial charge is 0.377 e. The minimum absolute atomic E-state index is 0.00491. The summed E-state index contributed by atoms with van der Waals surface area (Å²) in [4.78, 5) is 23.8. The second kappa shape index (κ2) is 11.1. The van der Waals surface area contributed by atoms with Gasteiger partial charge in [0.2, 0.25) is 11.8 Å². The lowest BCUT2D eigenvalue weighted by atomic mass is 9.76. The highest BCUT2D eigenvalue weighted by atomic mass is 32.1. The minimum Gasteiger partial charge on any atom is -0.377 e. The van der Waals surface area contributed by atoms with Gasteiger partial charge in [-0.15, -0.1) is 0 Å². The van der Waals surface area contributed by atoms with Crippen molar-refractivity contribution in [2.75, 3.05) is 39.5 Å². The van der Waals surface area contributed by atoms with Gasteiger partial charge in [0.15, 0.2) is 0 Å². The molecule has 0 atom stereocenters. The third kappa shape index (κ3) is 14.4. The molecular weight excluding hydrogens is 352 g/mol. The van der Waals surface area contributed by atoms with Crippen molar-refractivity contribution in [1.29, 1.82) is 0 Å². The maximum Gasteiger partial charge on any atom is 0.246 e. The third-order valence-electron chi connectivity index (χ3n) is 3.44. The van der Waals surface area contributed by atoms with Gasteiger partial charge < -0.3 is 20.1 Å². The van der Waals surface area contributed by atoms with E-state index in [1.807, 2.05) is 27.7 Å². The average molecular weight is 391 g/mol. The summed E-state index contributed by atoms with van der Waals surface area (Å²) in [6.07, 6.45) is 0.812. The molecule has 0 aliphatic heterocycles. The second-order valence-corrected chi connectivity index (χ2v) is 10.3. The van der Waals surface area contributed by atoms with Gasteiger partial charge in [0.1, 0.15) is 6.61 Å². The van der Waals surface area contributed by atoms with Crippen molar-refractivity contribution in [3.63, 3.8) is 0 Å². The topological polar surface area (TPSA) is 76.7 Å². The first kappa shape index (κ1) is 25.2. The Bertz CT molecular complexity index is 440. The lowest BCUT2D eigenvalue weighted by Crippen LogP contribution is -2.40. The molecule has 0 saturated carbocycles. The molecular formula is C19H38N2O4S. The predicted molar refractivity (Wildman–Crippen MR) is 109 cm³/mol. The highest BCUT2D eigenvalue weighted by Gasteiger charge is 2.32. The molecule has 154 valence electrons. The van der Waals surface area contributed by atoms with Gasteiger partial charge in [-0.05, 0) is 25.7 Å². The molecule has 0 unspecified atom stereocenters. The van der Waals surface area contributed by atoms with Crippen LogP contribution in [0.25, 0.3) is 0 Å². The summed E-state index contributed by atoms with van der Waals surface area (Å²) < 4.78 is 10.4. The maximum absolute atomic E-state index is 12.2. The van der Waals surface area contributed by atoms with Crippen LogP contribution in [0.4, 0.5) is 0 Å². The van der Waals surface area contributed by atoms with E-state index in [1.165, 1.54) is 0 Å². The summed E-state index contributed by atoms with van der Waals surface area (Å²) in [5.74, 6) is -0.128. The number of carbonyl (C=O) groups is 2. The summed E-state index contributed by atoms with van der Waals surface area (Å²) in [7, 11) is 0. The first-order valence-electron chi connectivity index (χ1n) is 9.16. The van der Waals surface area contributed by atoms with Crippen LogP contribution in [0.3, 0.4) is 0 Å². The van der Waals surface area contributed by atoms with E-state index < -0.39 is 5.41 Å². The Morgan fingerprint density at radius 3 is 2.00 bits per heavy atom. The van der Waals surface area contributed by atoms with E-state index in [2.05, 4.69) is 44.0 Å². The van der Waals surface area contributed by atoms with Crippen LogP contribution < -0.4 is 10.6 Å². The van der Waals surface area contributed by atoms with Gasteiger partial charge in [-0.3, -0.25) is 9.59 Å². The van der Waals surface area contributed by atoms with Crippen LogP contribution >= 0.6 is 12.6 Å². The molecule has 0 aromatic heterocycles. The maximum atomic E-state index is 12.2. The fraction of sp³-hybridized carbons (Fsp3) is 0.895. The minimum atomic E-state index is -0.406. The normalized spacial score (nSPS) is 12.8. The Morgan fingerprint density at radius 2 is 1.46 bits per heavy atom. The average Bonchev–Trinajstić information content (AvgIpc) is 2.44. The molecule has 0 fully saturated rings. The van der Waals surface area contributed by atoms with Crippen molar-refractivity contribution in [1.82, 2.24) is 10.6 Å². The molecule has 2 amide bonds. The van der Waals surface area contributed by atoms with Crippen LogP contribution in [0.1, 0.15) is 54.9 Å². The Morgan fingerprint density at radius 1 is 0.885 bits per heavy atom. The first-order chi connectivity index (χ1) is 11.7. The van der Waals surface area contributed by atoms with Gasteiger partial charge in [-0.2, -0.15) is 12.6 Å². The van der Waals surface area contributed by atoms with Crippen molar-refractivity contribution in [2.24, 2.45) is 10.8 Å². The first-order valence-corrected chi connectivity index (χ1v) is 9.61. The van der Waals surface area contributed by atoms with Crippen LogP contribution in [-0.4, -0.2) is 56.1 Å². The molecule has 0 aromatic rings. The SMILES string of the molecule is CC(C)(C)CC(C)(C)C(=O)NCCOCCOCC(=O)NCC(C)(C)S. The van der Waals surface area contributed by atoms with Crippen molar-refractivity contribution in [3.8, 4) is 0 Å². The van der Waals surface area contributed by atoms with Crippen molar-refractivity contribution in [2.45, 2.75) is 59.6 Å². The summed E-state index contributed by atoms with van der Waals surface area (Å²) in [5.41, 5.74) is -0.306. The summed E-state index contributed by atoms with van der Waals surface area (Å²) in [6, 6.07) is 0. The third-order valence-corrected chi connectivity index (χ3v) is 3.60. The van der Waals surface area contributed by atoms with Gasteiger partial charge in [0.05, 0.1) is 19.8 Å². The van der Waals surface area contributed by atoms with Crippen LogP contribution in [0, 0.1) is 10.8 Å². The molecule has 0 heterocycles. The molecule has 0 aromatic carbocycles. The molecule has 0 radical (unpaired) electrons. The van der Waals surface area contributed by atoms with Gasteiger partial charge >= 0.3 is 0 Å². The number of thiol groups is 1. The molecule has 0 rings (SSSR count). The fourth-order valence-electron chi connectivity index (χ4n) is 2.63. The molecule has 7 heteroatoms. The van der Waals surface area contributed by atoms with E-state index in [9.17, 15) is 9.59 Å². The van der Waals surface area contributed by atoms with Crippen LogP contribution in [0.15, 0.2) is 0 Å². The molecule has 0 saturated heterocycles. The number of nitrogens with one attached hydrogen (secondary N) is 2. The zero-order chi connectivity index (χ0) is 20.4. The lowest BCUT2D eigenvalue weighted by molar-refractivity contribution is -0.131. The Hall–Kier alpha value is -0.790. The molecule has 2 N–H and O–H groups in total. The highest BCUT2D eigenvalue weighted by molar-refractivity contribution is 7.81. The monoisotopic (exact) mass is 390 g/mol. The highest BCUT2D eigenvalue weighted by Crippen LogP contribution is 2.33. The molecule has 0 spiro atoms. The zero-order valence-electron chi connectivity index (χ0n) is 17.5. The number of amides is 2. The van der Waals surface area contributed by atoms with Gasteiger partial charge in [-0.1, -0.05) is 34.6 Å². The predicted octanol–water partition coefficient (Wildman–Crippen LogP) is 2.42. The van der Waals surface area contributed by atoms with Crippen LogP contribution in [0.2, 0.25) is 0 Å². The van der Waals surface area contributed by atoms with Crippen molar-refractivity contribution < 1.29 is 19.1 Å². The van der Waals surface area contributed by atoms with Crippen molar-refractivity contribution in [3.05, 3.63) is 0 Å². The number of carbonyl (C=O) groups excluding carboxylic acids is 2. The van der Waals surface area contributed by atoms with Crippen LogP contribution in [-0.2, 0) is 19.1 Å². The Balaban J connectivity index is 3.70. The number of rotatable bonds is 12. The standard InChI is InChI=1S/C19H38N2O4S/c1-17(2,3)13-18(4,5)16(23)20-8-9-24-10-11-25-12-15(22)21-14-19(6,7)26/h26H,8-14H2,1-7H3,(H,20,23)(H,21,22). The quantitative estimate of drug-likeness (QED) is 0.353. The lowest BCUT2D eigenvalue weighted by Gasteiger charge is -2.31. The van der Waals surface area contributed by atoms with Crippen molar-refractivity contribution >= 4 is 24.4 Å².